The molecular weight excluding hydrogens is 575 g/mol. The van der Waals surface area contributed by atoms with Crippen LogP contribution in [0.1, 0.15) is 24.5 Å². The average molecular weight is 592 g/mol. The number of anilines is 1. The Balaban J connectivity index is 1.56. The Bertz CT molecular complexity index is 1700. The van der Waals surface area contributed by atoms with Crippen molar-refractivity contribution in [2.24, 2.45) is 0 Å². The second kappa shape index (κ2) is 10.9. The molecule has 0 aliphatic heterocycles. The minimum absolute atomic E-state index is 0.411. The molecule has 0 radical (unpaired) electrons. The van der Waals surface area contributed by atoms with Gasteiger partial charge in [0.05, 0.1) is 34.9 Å². The van der Waals surface area contributed by atoms with Gasteiger partial charge in [-0.3, -0.25) is 9.59 Å². The highest BCUT2D eigenvalue weighted by Crippen LogP contribution is 2.32. The number of H-pyrrole nitrogens is 1. The van der Waals surface area contributed by atoms with E-state index in [4.69, 9.17) is 0 Å². The summed E-state index contributed by atoms with van der Waals surface area (Å²) in [7, 11) is 0. The smallest absolute Gasteiger partial charge is 0.381 e. The Morgan fingerprint density at radius 3 is 2.22 bits per heavy atom. The zero-order chi connectivity index (χ0) is 30.3. The number of alkyl halides is 7. The molecule has 0 aliphatic rings. The minimum Gasteiger partial charge on any atom is -0.381 e. The van der Waals surface area contributed by atoms with E-state index in [9.17, 15) is 49.1 Å². The van der Waals surface area contributed by atoms with Gasteiger partial charge in [0.1, 0.15) is 23.4 Å². The van der Waals surface area contributed by atoms with Crippen molar-refractivity contribution in [2.45, 2.75) is 44.5 Å². The van der Waals surface area contributed by atoms with Crippen molar-refractivity contribution in [3.8, 4) is 11.4 Å². The molecule has 17 heteroatoms. The number of benzene rings is 1. The molecule has 218 valence electrons. The SMILES string of the molecule is CC(CC(F)Cn1cc(F)c2cc(-c3ncc(C(F)(F)F)cn3)c(F)cc2c1=O)Nc1cn[nH]c(=O)c1C(F)(F)F. The molecule has 0 spiro atoms. The van der Waals surface area contributed by atoms with Gasteiger partial charge >= 0.3 is 12.4 Å². The van der Waals surface area contributed by atoms with Gasteiger partial charge in [0.2, 0.25) is 0 Å². The second-order valence-corrected chi connectivity index (χ2v) is 8.97. The van der Waals surface area contributed by atoms with Crippen LogP contribution in [0.3, 0.4) is 0 Å². The summed E-state index contributed by atoms with van der Waals surface area (Å²) >= 11 is 0. The van der Waals surface area contributed by atoms with E-state index in [2.05, 4.69) is 20.4 Å². The normalized spacial score (nSPS) is 13.8. The lowest BCUT2D eigenvalue weighted by atomic mass is 10.1. The lowest BCUT2D eigenvalue weighted by Gasteiger charge is -2.20. The predicted molar refractivity (Wildman–Crippen MR) is 127 cm³/mol. The third kappa shape index (κ3) is 6.33. The van der Waals surface area contributed by atoms with Gasteiger partial charge in [0.25, 0.3) is 11.1 Å². The first-order valence-electron chi connectivity index (χ1n) is 11.5. The summed E-state index contributed by atoms with van der Waals surface area (Å²) in [6.45, 7) is 0.542. The molecule has 0 saturated heterocycles. The fourth-order valence-electron chi connectivity index (χ4n) is 4.07. The molecule has 2 atom stereocenters. The van der Waals surface area contributed by atoms with Crippen molar-refractivity contribution < 1.29 is 39.5 Å². The van der Waals surface area contributed by atoms with Gasteiger partial charge < -0.3 is 9.88 Å². The van der Waals surface area contributed by atoms with Crippen LogP contribution in [0.15, 0.2) is 46.5 Å². The van der Waals surface area contributed by atoms with Crippen molar-refractivity contribution in [1.82, 2.24) is 24.7 Å². The van der Waals surface area contributed by atoms with Gasteiger partial charge in [-0.25, -0.2) is 28.2 Å². The number of aromatic nitrogens is 5. The third-order valence-electron chi connectivity index (χ3n) is 5.89. The topological polar surface area (TPSA) is 106 Å². The van der Waals surface area contributed by atoms with Crippen molar-refractivity contribution >= 4 is 16.5 Å². The van der Waals surface area contributed by atoms with E-state index in [1.807, 2.05) is 0 Å². The van der Waals surface area contributed by atoms with Crippen LogP contribution in [0.4, 0.5) is 45.2 Å². The molecule has 0 amide bonds. The second-order valence-electron chi connectivity index (χ2n) is 8.97. The van der Waals surface area contributed by atoms with Crippen molar-refractivity contribution in [1.29, 1.82) is 0 Å². The van der Waals surface area contributed by atoms with Crippen molar-refractivity contribution in [2.75, 3.05) is 5.32 Å². The monoisotopic (exact) mass is 592 g/mol. The van der Waals surface area contributed by atoms with Gasteiger partial charge in [-0.15, -0.1) is 0 Å². The number of nitrogens with zero attached hydrogens (tertiary/aromatic N) is 4. The number of hydrogen-bond donors (Lipinski definition) is 2. The summed E-state index contributed by atoms with van der Waals surface area (Å²) in [4.78, 5) is 31.4. The maximum atomic E-state index is 14.9. The van der Waals surface area contributed by atoms with Gasteiger partial charge in [0.15, 0.2) is 5.82 Å². The van der Waals surface area contributed by atoms with Crippen molar-refractivity contribution in [3.63, 3.8) is 0 Å². The van der Waals surface area contributed by atoms with E-state index >= 15 is 0 Å². The molecule has 2 unspecified atom stereocenters. The molecule has 41 heavy (non-hydrogen) atoms. The van der Waals surface area contributed by atoms with Crippen LogP contribution in [-0.4, -0.2) is 36.9 Å². The molecule has 4 rings (SSSR count). The number of rotatable bonds is 7. The van der Waals surface area contributed by atoms with E-state index in [1.165, 1.54) is 6.92 Å². The van der Waals surface area contributed by atoms with Crippen molar-refractivity contribution in [3.05, 3.63) is 80.4 Å². The quantitative estimate of drug-likeness (QED) is 0.290. The highest BCUT2D eigenvalue weighted by molar-refractivity contribution is 5.86. The summed E-state index contributed by atoms with van der Waals surface area (Å²) in [5, 5.41) is 6.34. The Labute approximate surface area is 222 Å². The summed E-state index contributed by atoms with van der Waals surface area (Å²) < 4.78 is 123. The Kier molecular flexibility index (Phi) is 7.82. The first-order valence-corrected chi connectivity index (χ1v) is 11.5. The highest BCUT2D eigenvalue weighted by atomic mass is 19.4. The lowest BCUT2D eigenvalue weighted by molar-refractivity contribution is -0.139. The Morgan fingerprint density at radius 1 is 0.951 bits per heavy atom. The van der Waals surface area contributed by atoms with Crippen LogP contribution in [0.5, 0.6) is 0 Å². The van der Waals surface area contributed by atoms with Gasteiger partial charge in [0, 0.05) is 36.4 Å². The van der Waals surface area contributed by atoms with E-state index in [1.54, 1.807) is 5.10 Å². The summed E-state index contributed by atoms with van der Waals surface area (Å²) in [6, 6.07) is 0.435. The molecule has 3 heterocycles. The summed E-state index contributed by atoms with van der Waals surface area (Å²) in [6.07, 6.45) is -10.0. The first kappa shape index (κ1) is 29.5. The molecule has 8 nitrogen and oxygen atoms in total. The predicted octanol–water partition coefficient (Wildman–Crippen LogP) is 5.09. The van der Waals surface area contributed by atoms with E-state index in [0.29, 0.717) is 35.4 Å². The molecular formula is C24H17F9N6O2. The van der Waals surface area contributed by atoms with Gasteiger partial charge in [-0.05, 0) is 19.1 Å². The number of pyridine rings is 1. The number of hydrogen-bond acceptors (Lipinski definition) is 6. The molecule has 0 saturated carbocycles. The first-order chi connectivity index (χ1) is 19.1. The maximum Gasteiger partial charge on any atom is 0.423 e. The van der Waals surface area contributed by atoms with Crippen LogP contribution in [0.2, 0.25) is 0 Å². The zero-order valence-electron chi connectivity index (χ0n) is 20.5. The number of nitrogens with one attached hydrogen (secondary N) is 2. The summed E-state index contributed by atoms with van der Waals surface area (Å²) in [5.41, 5.74) is -6.47. The zero-order valence-corrected chi connectivity index (χ0v) is 20.5. The fraction of sp³-hybridized carbons (Fsp3) is 0.292. The van der Waals surface area contributed by atoms with Crippen LogP contribution < -0.4 is 16.4 Å². The standard InChI is InChI=1S/C24H17F9N6O2/c1-10(37-18-7-36-38-21(40)19(18)24(31,32)33)2-12(25)8-39-9-17(27)13-3-15(16(26)4-14(13)22(39)41)20-34-5-11(6-35-20)23(28,29)30/h3-7,9-10,12H,2,8H2,1H3,(H2,37,38,40). The van der Waals surface area contributed by atoms with Gasteiger partial charge in [-0.1, -0.05) is 0 Å². The van der Waals surface area contributed by atoms with Crippen LogP contribution >= 0.6 is 0 Å². The fourth-order valence-corrected chi connectivity index (χ4v) is 4.07. The maximum absolute atomic E-state index is 14.9. The molecule has 2 N–H and O–H groups in total. The number of fused-ring (bicyclic) bond motifs is 1. The van der Waals surface area contributed by atoms with E-state index in [0.717, 1.165) is 6.07 Å². The third-order valence-corrected chi connectivity index (χ3v) is 5.89. The molecule has 3 aromatic heterocycles. The van der Waals surface area contributed by atoms with E-state index < -0.39 is 99.3 Å². The van der Waals surface area contributed by atoms with Crippen LogP contribution in [-0.2, 0) is 18.9 Å². The lowest BCUT2D eigenvalue weighted by Crippen LogP contribution is -2.30. The minimum atomic E-state index is -5.03. The highest BCUT2D eigenvalue weighted by Gasteiger charge is 2.37. The number of aromatic amines is 1. The van der Waals surface area contributed by atoms with E-state index in [-0.39, 0.29) is 0 Å². The summed E-state index contributed by atoms with van der Waals surface area (Å²) in [5.74, 6) is -2.76. The Morgan fingerprint density at radius 2 is 1.61 bits per heavy atom. The molecule has 0 aliphatic carbocycles. The molecule has 4 aromatic rings. The average Bonchev–Trinajstić information content (AvgIpc) is 2.85. The largest absolute Gasteiger partial charge is 0.423 e. The van der Waals surface area contributed by atoms with Gasteiger partial charge in [-0.2, -0.15) is 31.4 Å². The Hall–Kier alpha value is -4.44. The molecule has 1 aromatic carbocycles. The molecule has 0 fully saturated rings. The van der Waals surface area contributed by atoms with Crippen LogP contribution in [0.25, 0.3) is 22.2 Å². The molecule has 0 bridgehead atoms. The van der Waals surface area contributed by atoms with Crippen LogP contribution in [0, 0.1) is 11.6 Å². The number of halogens is 9.